The van der Waals surface area contributed by atoms with Gasteiger partial charge in [-0.05, 0) is 31.9 Å². The number of nitrogens with zero attached hydrogens (tertiary/aromatic N) is 5. The molecular formula is C28H23N7O3S3. The average molecular weight is 602 g/mol. The maximum absolute atomic E-state index is 13.1. The summed E-state index contributed by atoms with van der Waals surface area (Å²) in [4.78, 5) is 32.0. The normalized spacial score (nSPS) is 17.0. The SMILES string of the molecule is Cc1ccc(-c2csc(NC(=O)CSc3nnc(N4C(N)=C(C#N)C(c5ccco5)C5=C4CCCC5=O)s3)n2)cc1. The van der Waals surface area contributed by atoms with Gasteiger partial charge in [0.2, 0.25) is 11.0 Å². The molecular weight excluding hydrogens is 579 g/mol. The van der Waals surface area contributed by atoms with Crippen LogP contribution in [0.25, 0.3) is 11.3 Å². The Bertz CT molecular complexity index is 1730. The van der Waals surface area contributed by atoms with Crippen molar-refractivity contribution in [2.24, 2.45) is 5.73 Å². The smallest absolute Gasteiger partial charge is 0.236 e. The summed E-state index contributed by atoms with van der Waals surface area (Å²) in [6.45, 7) is 2.03. The van der Waals surface area contributed by atoms with Gasteiger partial charge in [0, 0.05) is 28.6 Å². The Labute approximate surface area is 247 Å². The van der Waals surface area contributed by atoms with Crippen LogP contribution in [0.3, 0.4) is 0 Å². The fraction of sp³-hybridized carbons (Fsp3) is 0.214. The number of hydrogen-bond donors (Lipinski definition) is 2. The molecule has 1 aromatic carbocycles. The highest BCUT2D eigenvalue weighted by atomic mass is 32.2. The molecule has 10 nitrogen and oxygen atoms in total. The number of amides is 1. The minimum absolute atomic E-state index is 0.0404. The van der Waals surface area contributed by atoms with Crippen LogP contribution >= 0.6 is 34.4 Å². The van der Waals surface area contributed by atoms with Gasteiger partial charge in [0.1, 0.15) is 11.6 Å². The van der Waals surface area contributed by atoms with Gasteiger partial charge in [-0.15, -0.1) is 21.5 Å². The van der Waals surface area contributed by atoms with Gasteiger partial charge >= 0.3 is 0 Å². The second kappa shape index (κ2) is 11.3. The molecule has 1 amide bonds. The summed E-state index contributed by atoms with van der Waals surface area (Å²) in [7, 11) is 0. The lowest BCUT2D eigenvalue weighted by Crippen LogP contribution is -2.38. The molecule has 1 unspecified atom stereocenters. The fourth-order valence-electron chi connectivity index (χ4n) is 4.87. The summed E-state index contributed by atoms with van der Waals surface area (Å²) in [5.41, 5.74) is 10.9. The van der Waals surface area contributed by atoms with Crippen molar-refractivity contribution < 1.29 is 14.0 Å². The summed E-state index contributed by atoms with van der Waals surface area (Å²) in [6.07, 6.45) is 3.17. The first-order valence-electron chi connectivity index (χ1n) is 12.7. The van der Waals surface area contributed by atoms with Crippen LogP contribution in [0.5, 0.6) is 0 Å². The summed E-state index contributed by atoms with van der Waals surface area (Å²) >= 11 is 3.84. The van der Waals surface area contributed by atoms with E-state index in [0.29, 0.717) is 50.9 Å². The third kappa shape index (κ3) is 5.29. The van der Waals surface area contributed by atoms with Crippen LogP contribution in [-0.2, 0) is 9.59 Å². The molecule has 1 aliphatic heterocycles. The number of hydrogen-bond acceptors (Lipinski definition) is 12. The molecule has 41 heavy (non-hydrogen) atoms. The molecule has 0 bridgehead atoms. The molecule has 1 atom stereocenters. The van der Waals surface area contributed by atoms with Gasteiger partial charge in [-0.3, -0.25) is 14.5 Å². The Morgan fingerprint density at radius 3 is 2.85 bits per heavy atom. The molecule has 0 radical (unpaired) electrons. The number of furan rings is 1. The minimum atomic E-state index is -0.656. The number of carbonyl (C=O) groups is 2. The zero-order valence-electron chi connectivity index (χ0n) is 21.8. The van der Waals surface area contributed by atoms with Crippen molar-refractivity contribution in [2.75, 3.05) is 16.0 Å². The highest BCUT2D eigenvalue weighted by molar-refractivity contribution is 8.01. The van der Waals surface area contributed by atoms with Crippen molar-refractivity contribution in [3.8, 4) is 17.3 Å². The van der Waals surface area contributed by atoms with Crippen molar-refractivity contribution in [2.45, 2.75) is 36.4 Å². The van der Waals surface area contributed by atoms with Crippen LogP contribution in [-0.4, -0.2) is 32.6 Å². The lowest BCUT2D eigenvalue weighted by molar-refractivity contribution is -0.116. The van der Waals surface area contributed by atoms with Crippen LogP contribution in [0.15, 0.2) is 79.5 Å². The number of nitriles is 1. The molecule has 0 fully saturated rings. The van der Waals surface area contributed by atoms with Crippen LogP contribution in [0.2, 0.25) is 0 Å². The maximum atomic E-state index is 13.1. The van der Waals surface area contributed by atoms with Gasteiger partial charge in [0.15, 0.2) is 15.3 Å². The number of Topliss-reactive ketones (excluding diaryl/α,β-unsaturated/α-hetero) is 1. The van der Waals surface area contributed by atoms with Crippen molar-refractivity contribution in [1.29, 1.82) is 5.26 Å². The highest BCUT2D eigenvalue weighted by Gasteiger charge is 2.42. The predicted molar refractivity (Wildman–Crippen MR) is 158 cm³/mol. The van der Waals surface area contributed by atoms with E-state index in [0.717, 1.165) is 11.3 Å². The van der Waals surface area contributed by atoms with Crippen LogP contribution in [0, 0.1) is 18.3 Å². The standard InChI is InChI=1S/C28H23N7O3S3/c1-15-7-9-16(10-8-15)18-13-39-26(31-18)32-22(37)14-40-28-34-33-27(41-28)35-19-4-2-5-20(36)24(19)23(17(12-29)25(35)30)21-6-3-11-38-21/h3,6-11,13,23H,2,4-5,14,30H2,1H3,(H,31,32,37). The first kappa shape index (κ1) is 26.9. The zero-order chi connectivity index (χ0) is 28.5. The quantitative estimate of drug-likeness (QED) is 0.256. The Morgan fingerprint density at radius 2 is 2.10 bits per heavy atom. The molecule has 1 aliphatic carbocycles. The number of allylic oxidation sites excluding steroid dienone is 3. The molecule has 4 heterocycles. The van der Waals surface area contributed by atoms with Crippen LogP contribution < -0.4 is 16.0 Å². The Morgan fingerprint density at radius 1 is 1.27 bits per heavy atom. The maximum Gasteiger partial charge on any atom is 0.236 e. The zero-order valence-corrected chi connectivity index (χ0v) is 24.2. The number of benzene rings is 1. The van der Waals surface area contributed by atoms with Crippen LogP contribution in [0.1, 0.15) is 36.5 Å². The van der Waals surface area contributed by atoms with Crippen molar-refractivity contribution >= 4 is 56.4 Å². The fourth-order valence-corrected chi connectivity index (χ4v) is 7.28. The van der Waals surface area contributed by atoms with Gasteiger partial charge in [0.25, 0.3) is 0 Å². The molecule has 3 aromatic heterocycles. The van der Waals surface area contributed by atoms with Crippen molar-refractivity contribution in [3.63, 3.8) is 0 Å². The van der Waals surface area contributed by atoms with E-state index in [1.54, 1.807) is 17.0 Å². The molecule has 3 N–H and O–H groups in total. The second-order valence-corrected chi connectivity index (χ2v) is 12.5. The summed E-state index contributed by atoms with van der Waals surface area (Å²) in [5, 5.41) is 24.3. The largest absolute Gasteiger partial charge is 0.468 e. The van der Waals surface area contributed by atoms with E-state index >= 15 is 0 Å². The number of nitrogens with two attached hydrogens (primary N) is 1. The predicted octanol–water partition coefficient (Wildman–Crippen LogP) is 5.60. The Hall–Kier alpha value is -4.25. The van der Waals surface area contributed by atoms with Gasteiger partial charge in [-0.25, -0.2) is 4.98 Å². The number of aryl methyl sites for hydroxylation is 1. The first-order chi connectivity index (χ1) is 19.9. The number of aromatic nitrogens is 3. The van der Waals surface area contributed by atoms with E-state index in [-0.39, 0.29) is 28.8 Å². The molecule has 13 heteroatoms. The molecule has 0 saturated carbocycles. The van der Waals surface area contributed by atoms with Gasteiger partial charge < -0.3 is 15.5 Å². The van der Waals surface area contributed by atoms with E-state index < -0.39 is 5.92 Å². The van der Waals surface area contributed by atoms with Gasteiger partial charge in [0.05, 0.1) is 35.3 Å². The molecule has 4 aromatic rings. The third-order valence-corrected chi connectivity index (χ3v) is 9.55. The summed E-state index contributed by atoms with van der Waals surface area (Å²) in [6, 6.07) is 13.7. The highest BCUT2D eigenvalue weighted by Crippen LogP contribution is 2.47. The average Bonchev–Trinajstić information content (AvgIpc) is 3.75. The van der Waals surface area contributed by atoms with Gasteiger partial charge in [-0.1, -0.05) is 52.9 Å². The Kier molecular flexibility index (Phi) is 7.44. The number of anilines is 2. The second-order valence-electron chi connectivity index (χ2n) is 9.42. The van der Waals surface area contributed by atoms with E-state index in [1.807, 2.05) is 36.6 Å². The monoisotopic (exact) mass is 601 g/mol. The van der Waals surface area contributed by atoms with E-state index in [1.165, 1.54) is 46.3 Å². The number of ketones is 1. The van der Waals surface area contributed by atoms with Crippen LogP contribution in [0.4, 0.5) is 10.3 Å². The molecule has 2 aliphatic rings. The number of thioether (sulfide) groups is 1. The number of nitrogens with one attached hydrogen (secondary N) is 1. The lowest BCUT2D eigenvalue weighted by Gasteiger charge is -2.37. The Balaban J connectivity index is 1.18. The topological polar surface area (TPSA) is 151 Å². The summed E-state index contributed by atoms with van der Waals surface area (Å²) < 4.78 is 6.16. The number of thiazole rings is 1. The minimum Gasteiger partial charge on any atom is -0.468 e. The number of rotatable bonds is 7. The van der Waals surface area contributed by atoms with E-state index in [4.69, 9.17) is 10.2 Å². The van der Waals surface area contributed by atoms with E-state index in [9.17, 15) is 14.9 Å². The van der Waals surface area contributed by atoms with Crippen molar-refractivity contribution in [3.05, 3.63) is 82.0 Å². The summed E-state index contributed by atoms with van der Waals surface area (Å²) in [5.74, 6) is -0.114. The van der Waals surface area contributed by atoms with E-state index in [2.05, 4.69) is 26.6 Å². The number of carbonyl (C=O) groups excluding carboxylic acids is 2. The lowest BCUT2D eigenvalue weighted by atomic mass is 9.78. The van der Waals surface area contributed by atoms with Gasteiger partial charge in [-0.2, -0.15) is 5.26 Å². The third-order valence-electron chi connectivity index (χ3n) is 6.75. The molecule has 0 saturated heterocycles. The molecule has 206 valence electrons. The molecule has 6 rings (SSSR count). The van der Waals surface area contributed by atoms with Crippen molar-refractivity contribution in [1.82, 2.24) is 15.2 Å². The first-order valence-corrected chi connectivity index (χ1v) is 15.4. The molecule has 0 spiro atoms.